The van der Waals surface area contributed by atoms with Gasteiger partial charge >= 0.3 is 11.9 Å². The number of amides is 2. The number of fused-ring (bicyclic) bond motifs is 2. The summed E-state index contributed by atoms with van der Waals surface area (Å²) in [5.41, 5.74) is -2.38. The first-order valence-electron chi connectivity index (χ1n) is 21.0. The van der Waals surface area contributed by atoms with Crippen molar-refractivity contribution in [2.24, 2.45) is 0 Å². The smallest absolute Gasteiger partial charge is 0.332 e. The molecule has 0 aliphatic carbocycles. The van der Waals surface area contributed by atoms with E-state index in [0.717, 1.165) is 19.7 Å². The van der Waals surface area contributed by atoms with Gasteiger partial charge in [0.2, 0.25) is 10.9 Å². The van der Waals surface area contributed by atoms with Gasteiger partial charge in [-0.15, -0.1) is 0 Å². The van der Waals surface area contributed by atoms with Crippen molar-refractivity contribution >= 4 is 43.8 Å². The molecule has 0 radical (unpaired) electrons. The topological polar surface area (TPSA) is 186 Å². The molecule has 0 spiro atoms. The molecule has 4 aliphatic rings. The summed E-state index contributed by atoms with van der Waals surface area (Å²) in [6.45, 7) is 4.93. The zero-order chi connectivity index (χ0) is 44.8. The summed E-state index contributed by atoms with van der Waals surface area (Å²) in [5.74, 6) is -5.00. The third-order valence-corrected chi connectivity index (χ3v) is 15.4. The molecule has 2 saturated heterocycles. The molecule has 18 heteroatoms. The molecule has 2 fully saturated rings. The lowest BCUT2D eigenvalue weighted by atomic mass is 9.97. The number of nitrogens with zero attached hydrogens (tertiary/aromatic N) is 4. The van der Waals surface area contributed by atoms with Crippen molar-refractivity contribution in [1.82, 2.24) is 18.4 Å². The van der Waals surface area contributed by atoms with Crippen molar-refractivity contribution in [3.05, 3.63) is 155 Å². The number of hydrogen-bond acceptors (Lipinski definition) is 14. The molecule has 4 unspecified atom stereocenters. The van der Waals surface area contributed by atoms with E-state index in [2.05, 4.69) is 9.80 Å². The largest absolute Gasteiger partial charge is 0.436 e. The van der Waals surface area contributed by atoms with Crippen molar-refractivity contribution in [2.75, 3.05) is 78.8 Å². The molecule has 0 N–H and O–H groups in total. The van der Waals surface area contributed by atoms with E-state index >= 15 is 0 Å². The molecule has 4 aliphatic heterocycles. The minimum atomic E-state index is -4.71. The summed E-state index contributed by atoms with van der Waals surface area (Å²) in [7, 11) is -9.41. The number of benzene rings is 4. The van der Waals surface area contributed by atoms with E-state index < -0.39 is 66.5 Å². The van der Waals surface area contributed by atoms with Crippen LogP contribution in [0.3, 0.4) is 0 Å². The summed E-state index contributed by atoms with van der Waals surface area (Å²) < 4.78 is 81.1. The normalized spacial score (nSPS) is 22.0. The van der Waals surface area contributed by atoms with Gasteiger partial charge in [0.05, 0.1) is 26.4 Å². The van der Waals surface area contributed by atoms with Gasteiger partial charge in [-0.25, -0.2) is 35.0 Å². The Morgan fingerprint density at radius 3 is 1.25 bits per heavy atom. The maximum absolute atomic E-state index is 14.4. The van der Waals surface area contributed by atoms with Crippen LogP contribution in [-0.4, -0.2) is 138 Å². The molecule has 4 aromatic carbocycles. The first-order chi connectivity index (χ1) is 30.9. The van der Waals surface area contributed by atoms with Gasteiger partial charge in [-0.3, -0.25) is 19.4 Å². The number of morpholine rings is 2. The highest BCUT2D eigenvalue weighted by Gasteiger charge is 2.48. The molecule has 16 nitrogen and oxygen atoms in total. The van der Waals surface area contributed by atoms with Crippen LogP contribution >= 0.6 is 0 Å². The van der Waals surface area contributed by atoms with Crippen molar-refractivity contribution in [3.8, 4) is 0 Å². The molecule has 64 heavy (non-hydrogen) atoms. The second-order valence-corrected chi connectivity index (χ2v) is 19.6. The second-order valence-electron chi connectivity index (χ2n) is 15.8. The van der Waals surface area contributed by atoms with Crippen LogP contribution in [0.5, 0.6) is 0 Å². The van der Waals surface area contributed by atoms with E-state index in [4.69, 9.17) is 18.9 Å². The fraction of sp³-hybridized carbons (Fsp3) is 0.348. The molecule has 0 saturated carbocycles. The summed E-state index contributed by atoms with van der Waals surface area (Å²) in [6, 6.07) is 30.3. The van der Waals surface area contributed by atoms with Gasteiger partial charge in [0, 0.05) is 98.6 Å². The Bertz CT molecular complexity index is 2420. The van der Waals surface area contributed by atoms with Crippen LogP contribution in [-0.2, 0) is 48.6 Å². The molecule has 4 aromatic rings. The number of carbonyl (C=O) groups excluding carboxylic acids is 4. The van der Waals surface area contributed by atoms with Gasteiger partial charge in [0.25, 0.3) is 31.9 Å². The van der Waals surface area contributed by atoms with Gasteiger partial charge in [0.1, 0.15) is 0 Å². The molecule has 8 rings (SSSR count). The van der Waals surface area contributed by atoms with E-state index in [1.165, 1.54) is 36.4 Å². The van der Waals surface area contributed by atoms with Crippen LogP contribution in [0.4, 0.5) is 0 Å². The van der Waals surface area contributed by atoms with Crippen LogP contribution in [0.25, 0.3) is 0 Å². The molecule has 336 valence electrons. The molecule has 4 atom stereocenters. The minimum Gasteiger partial charge on any atom is -0.436 e. The van der Waals surface area contributed by atoms with Gasteiger partial charge in [-0.2, -0.15) is 0 Å². The molecular weight excluding hydrogens is 865 g/mol. The van der Waals surface area contributed by atoms with E-state index in [1.807, 2.05) is 60.7 Å². The van der Waals surface area contributed by atoms with Crippen molar-refractivity contribution in [2.45, 2.75) is 22.7 Å². The average molecular weight is 913 g/mol. The van der Waals surface area contributed by atoms with E-state index in [0.29, 0.717) is 77.8 Å². The summed E-state index contributed by atoms with van der Waals surface area (Å²) in [4.78, 5) is 59.1. The number of rotatable bonds is 14. The second kappa shape index (κ2) is 19.5. The fourth-order valence-corrected chi connectivity index (χ4v) is 11.9. The fourth-order valence-electron chi connectivity index (χ4n) is 8.47. The van der Waals surface area contributed by atoms with E-state index in [-0.39, 0.29) is 35.3 Å². The first-order valence-corrected chi connectivity index (χ1v) is 24.0. The van der Waals surface area contributed by atoms with Gasteiger partial charge in [-0.1, -0.05) is 97.1 Å². The van der Waals surface area contributed by atoms with Crippen molar-refractivity contribution in [3.63, 3.8) is 0 Å². The third-order valence-electron chi connectivity index (χ3n) is 11.8. The molecule has 2 amide bonds. The van der Waals surface area contributed by atoms with Crippen LogP contribution < -0.4 is 0 Å². The van der Waals surface area contributed by atoms with Crippen molar-refractivity contribution < 1.29 is 55.0 Å². The van der Waals surface area contributed by atoms with Crippen LogP contribution in [0.15, 0.2) is 121 Å². The quantitative estimate of drug-likeness (QED) is 0.131. The zero-order valence-corrected chi connectivity index (χ0v) is 36.5. The lowest BCUT2D eigenvalue weighted by molar-refractivity contribution is -0.142. The van der Waals surface area contributed by atoms with Gasteiger partial charge < -0.3 is 18.9 Å². The first kappa shape index (κ1) is 44.8. The lowest BCUT2D eigenvalue weighted by Gasteiger charge is -2.37. The standard InChI is InChI=1S/C46H48N4O12S2/c51-41(61-45-39-17-9-7-15-37(39)43(53)49(63(45,55)56)31-35(33-11-3-1-4-12-33)29-47-21-25-59-26-22-47)19-20-42(52)62-46-40-18-10-8-16-38(40)44(54)50(64(46,57)58)32-36(34-13-5-2-6-14-34)30-48-23-27-60-28-24-48/h1-20,35-36,45-46H,21-32H2/b20-19+. The Hall–Kier alpha value is -5.76. The number of hydrogen-bond donors (Lipinski definition) is 0. The zero-order valence-electron chi connectivity index (χ0n) is 34.8. The van der Waals surface area contributed by atoms with Gasteiger partial charge in [0.15, 0.2) is 0 Å². The van der Waals surface area contributed by atoms with Gasteiger partial charge in [-0.05, 0) is 23.3 Å². The average Bonchev–Trinajstić information content (AvgIpc) is 3.31. The van der Waals surface area contributed by atoms with Crippen LogP contribution in [0.1, 0.15) is 65.7 Å². The number of ether oxygens (including phenoxy) is 4. The number of esters is 2. The predicted octanol–water partition coefficient (Wildman–Crippen LogP) is 3.83. The minimum absolute atomic E-state index is 0.0245. The maximum atomic E-state index is 14.4. The molecule has 0 bridgehead atoms. The maximum Gasteiger partial charge on any atom is 0.332 e. The Morgan fingerprint density at radius 2 is 0.875 bits per heavy atom. The summed E-state index contributed by atoms with van der Waals surface area (Å²) in [5, 5.41) is 0. The Kier molecular flexibility index (Phi) is 13.7. The van der Waals surface area contributed by atoms with Crippen molar-refractivity contribution in [1.29, 1.82) is 0 Å². The van der Waals surface area contributed by atoms with Crippen LogP contribution in [0, 0.1) is 0 Å². The number of carbonyl (C=O) groups is 4. The Labute approximate surface area is 372 Å². The third kappa shape index (κ3) is 9.67. The monoisotopic (exact) mass is 912 g/mol. The summed E-state index contributed by atoms with van der Waals surface area (Å²) >= 11 is 0. The summed E-state index contributed by atoms with van der Waals surface area (Å²) in [6.07, 6.45) is 1.26. The highest BCUT2D eigenvalue weighted by Crippen LogP contribution is 2.39. The Morgan fingerprint density at radius 1 is 0.531 bits per heavy atom. The van der Waals surface area contributed by atoms with E-state index in [1.54, 1.807) is 12.1 Å². The van der Waals surface area contributed by atoms with Crippen LogP contribution in [0.2, 0.25) is 0 Å². The number of sulfonamides is 2. The highest BCUT2D eigenvalue weighted by molar-refractivity contribution is 7.90. The SMILES string of the molecule is O=C(/C=C/C(=O)OC1c2ccccc2C(=O)N(CC(CN2CCOCC2)c2ccccc2)S1(=O)=O)OC1c2ccccc2C(=O)N(CC(CN2CCOCC2)c2ccccc2)S1(=O)=O. The molecule has 4 heterocycles. The Balaban J connectivity index is 1.01. The molecule has 0 aromatic heterocycles. The lowest BCUT2D eigenvalue weighted by Crippen LogP contribution is -2.49. The highest BCUT2D eigenvalue weighted by atomic mass is 32.2. The van der Waals surface area contributed by atoms with E-state index in [9.17, 15) is 36.0 Å². The predicted molar refractivity (Wildman–Crippen MR) is 232 cm³/mol. The molecular formula is C46H48N4O12S2.